The lowest BCUT2D eigenvalue weighted by molar-refractivity contribution is 0.284. The fourth-order valence-corrected chi connectivity index (χ4v) is 5.76. The van der Waals surface area contributed by atoms with Gasteiger partial charge in [0.2, 0.25) is 0 Å². The number of anilines is 1. The standard InChI is InChI=1S/C37H38N2/c1-36(2,3)27-37(4,5)32-24-22-31(23-25-32)35-26-34(38-39(35)33-14-10-7-11-15-33)30-20-18-29(19-21-30)17-16-28-12-8-6-9-13-28/h6-15,18-25,35H,26-27H2,1-5H3. The predicted octanol–water partition coefficient (Wildman–Crippen LogP) is 9.16. The number of hydrogen-bond donors (Lipinski definition) is 0. The molecule has 1 heterocycles. The molecule has 0 bridgehead atoms. The summed E-state index contributed by atoms with van der Waals surface area (Å²) in [5.41, 5.74) is 8.47. The molecule has 196 valence electrons. The van der Waals surface area contributed by atoms with Gasteiger partial charge in [0.1, 0.15) is 0 Å². The minimum absolute atomic E-state index is 0.123. The van der Waals surface area contributed by atoms with Crippen LogP contribution in [0.5, 0.6) is 0 Å². The van der Waals surface area contributed by atoms with E-state index in [2.05, 4.69) is 130 Å². The highest BCUT2D eigenvalue weighted by Crippen LogP contribution is 2.39. The number of rotatable bonds is 5. The summed E-state index contributed by atoms with van der Waals surface area (Å²) in [6.07, 6.45) is 1.99. The Morgan fingerprint density at radius 2 is 1.26 bits per heavy atom. The molecule has 1 unspecified atom stereocenters. The van der Waals surface area contributed by atoms with Crippen molar-refractivity contribution in [2.45, 2.75) is 58.9 Å². The quantitative estimate of drug-likeness (QED) is 0.244. The molecule has 0 saturated carbocycles. The van der Waals surface area contributed by atoms with Crippen molar-refractivity contribution in [3.05, 3.63) is 137 Å². The predicted molar refractivity (Wildman–Crippen MR) is 165 cm³/mol. The molecule has 2 nitrogen and oxygen atoms in total. The highest BCUT2D eigenvalue weighted by atomic mass is 15.5. The molecule has 0 spiro atoms. The van der Waals surface area contributed by atoms with E-state index in [1.165, 1.54) is 11.1 Å². The second kappa shape index (κ2) is 11.0. The van der Waals surface area contributed by atoms with Crippen LogP contribution in [-0.2, 0) is 5.41 Å². The zero-order valence-electron chi connectivity index (χ0n) is 23.8. The first kappa shape index (κ1) is 26.5. The van der Waals surface area contributed by atoms with Gasteiger partial charge < -0.3 is 0 Å². The van der Waals surface area contributed by atoms with Crippen LogP contribution in [0.3, 0.4) is 0 Å². The maximum atomic E-state index is 5.14. The highest BCUT2D eigenvalue weighted by Gasteiger charge is 2.31. The number of nitrogens with zero attached hydrogens (tertiary/aromatic N) is 2. The third-order valence-corrected chi connectivity index (χ3v) is 7.32. The lowest BCUT2D eigenvalue weighted by Gasteiger charge is -2.33. The van der Waals surface area contributed by atoms with E-state index in [1.807, 2.05) is 30.3 Å². The van der Waals surface area contributed by atoms with Crippen molar-refractivity contribution in [1.82, 2.24) is 0 Å². The molecule has 4 aromatic carbocycles. The molecule has 0 fully saturated rings. The first-order chi connectivity index (χ1) is 18.7. The van der Waals surface area contributed by atoms with Gasteiger partial charge in [0.15, 0.2) is 0 Å². The maximum Gasteiger partial charge on any atom is 0.0831 e. The number of benzene rings is 4. The number of para-hydroxylation sites is 1. The van der Waals surface area contributed by atoms with Crippen LogP contribution in [0.4, 0.5) is 5.69 Å². The minimum atomic E-state index is 0.123. The van der Waals surface area contributed by atoms with Gasteiger partial charge in [-0.2, -0.15) is 5.10 Å². The Labute approximate surface area is 234 Å². The van der Waals surface area contributed by atoms with Crippen molar-refractivity contribution in [2.75, 3.05) is 5.01 Å². The van der Waals surface area contributed by atoms with Crippen LogP contribution in [0.2, 0.25) is 0 Å². The Balaban J connectivity index is 1.40. The lowest BCUT2D eigenvalue weighted by atomic mass is 9.72. The van der Waals surface area contributed by atoms with E-state index >= 15 is 0 Å². The minimum Gasteiger partial charge on any atom is -0.257 e. The monoisotopic (exact) mass is 510 g/mol. The summed E-state index contributed by atoms with van der Waals surface area (Å²) in [6, 6.07) is 38.5. The Hall–Kier alpha value is -4.09. The first-order valence-corrected chi connectivity index (χ1v) is 13.9. The fourth-order valence-electron chi connectivity index (χ4n) is 5.76. The second-order valence-electron chi connectivity index (χ2n) is 12.4. The molecule has 1 aliphatic heterocycles. The van der Waals surface area contributed by atoms with Gasteiger partial charge in [-0.05, 0) is 70.3 Å². The molecule has 0 N–H and O–H groups in total. The Morgan fingerprint density at radius 1 is 0.692 bits per heavy atom. The summed E-state index contributed by atoms with van der Waals surface area (Å²) in [4.78, 5) is 0. The van der Waals surface area contributed by atoms with Crippen LogP contribution in [0, 0.1) is 17.3 Å². The molecular weight excluding hydrogens is 472 g/mol. The van der Waals surface area contributed by atoms with Gasteiger partial charge in [-0.1, -0.05) is 119 Å². The molecule has 0 radical (unpaired) electrons. The third-order valence-electron chi connectivity index (χ3n) is 7.32. The Morgan fingerprint density at radius 3 is 1.85 bits per heavy atom. The SMILES string of the molecule is CC(C)(C)CC(C)(C)c1ccc(C2CC(c3ccc(C#Cc4ccccc4)cc3)=NN2c2ccccc2)cc1. The molecule has 1 aliphatic rings. The van der Waals surface area contributed by atoms with E-state index in [0.717, 1.165) is 40.9 Å². The summed E-state index contributed by atoms with van der Waals surface area (Å²) in [5, 5.41) is 7.33. The third kappa shape index (κ3) is 6.50. The van der Waals surface area contributed by atoms with E-state index < -0.39 is 0 Å². The van der Waals surface area contributed by atoms with E-state index in [4.69, 9.17) is 5.10 Å². The van der Waals surface area contributed by atoms with Gasteiger partial charge in [0, 0.05) is 17.5 Å². The summed E-state index contributed by atoms with van der Waals surface area (Å²) in [7, 11) is 0. The first-order valence-electron chi connectivity index (χ1n) is 13.9. The van der Waals surface area contributed by atoms with E-state index in [-0.39, 0.29) is 16.9 Å². The van der Waals surface area contributed by atoms with Gasteiger partial charge in [-0.15, -0.1) is 0 Å². The molecule has 0 saturated heterocycles. The number of hydrogen-bond acceptors (Lipinski definition) is 2. The van der Waals surface area contributed by atoms with Crippen molar-refractivity contribution in [3.63, 3.8) is 0 Å². The summed E-state index contributed by atoms with van der Waals surface area (Å²) < 4.78 is 0. The van der Waals surface area contributed by atoms with Crippen LogP contribution in [0.15, 0.2) is 114 Å². The van der Waals surface area contributed by atoms with Gasteiger partial charge in [0.25, 0.3) is 0 Å². The van der Waals surface area contributed by atoms with Crippen LogP contribution in [0.25, 0.3) is 0 Å². The summed E-state index contributed by atoms with van der Waals surface area (Å²) in [6.45, 7) is 11.7. The largest absolute Gasteiger partial charge is 0.257 e. The molecule has 0 aromatic heterocycles. The smallest absolute Gasteiger partial charge is 0.0831 e. The van der Waals surface area contributed by atoms with Crippen molar-refractivity contribution >= 4 is 11.4 Å². The highest BCUT2D eigenvalue weighted by molar-refractivity contribution is 6.03. The van der Waals surface area contributed by atoms with Crippen molar-refractivity contribution in [1.29, 1.82) is 0 Å². The summed E-state index contributed by atoms with van der Waals surface area (Å²) >= 11 is 0. The molecule has 1 atom stereocenters. The Kier molecular flexibility index (Phi) is 7.45. The molecule has 4 aromatic rings. The van der Waals surface area contributed by atoms with Gasteiger partial charge >= 0.3 is 0 Å². The van der Waals surface area contributed by atoms with E-state index in [1.54, 1.807) is 0 Å². The molecule has 2 heteroatoms. The van der Waals surface area contributed by atoms with Crippen molar-refractivity contribution in [3.8, 4) is 11.8 Å². The maximum absolute atomic E-state index is 5.14. The molecule has 0 amide bonds. The normalized spacial score (nSPS) is 15.5. The lowest BCUT2D eigenvalue weighted by Crippen LogP contribution is -2.25. The van der Waals surface area contributed by atoms with Gasteiger partial charge in [-0.25, -0.2) is 0 Å². The molecular formula is C37H38N2. The van der Waals surface area contributed by atoms with Crippen molar-refractivity contribution < 1.29 is 0 Å². The van der Waals surface area contributed by atoms with Crippen LogP contribution >= 0.6 is 0 Å². The van der Waals surface area contributed by atoms with Gasteiger partial charge in [-0.3, -0.25) is 5.01 Å². The van der Waals surface area contributed by atoms with Crippen LogP contribution in [-0.4, -0.2) is 5.71 Å². The van der Waals surface area contributed by atoms with E-state index in [0.29, 0.717) is 0 Å². The van der Waals surface area contributed by atoms with Gasteiger partial charge in [0.05, 0.1) is 17.4 Å². The Bertz CT molecular complexity index is 1480. The average molecular weight is 511 g/mol. The molecule has 5 rings (SSSR count). The van der Waals surface area contributed by atoms with Crippen LogP contribution in [0.1, 0.15) is 81.3 Å². The molecule has 39 heavy (non-hydrogen) atoms. The molecule has 0 aliphatic carbocycles. The second-order valence-corrected chi connectivity index (χ2v) is 12.4. The summed E-state index contributed by atoms with van der Waals surface area (Å²) in [5.74, 6) is 6.52. The topological polar surface area (TPSA) is 15.6 Å². The fraction of sp³-hybridized carbons (Fsp3) is 0.270. The zero-order chi connectivity index (χ0) is 27.5. The van der Waals surface area contributed by atoms with Crippen molar-refractivity contribution in [2.24, 2.45) is 10.5 Å². The number of hydrazone groups is 1. The van der Waals surface area contributed by atoms with E-state index in [9.17, 15) is 0 Å². The zero-order valence-corrected chi connectivity index (χ0v) is 23.8. The average Bonchev–Trinajstić information content (AvgIpc) is 3.38. The van der Waals surface area contributed by atoms with Crippen LogP contribution < -0.4 is 5.01 Å².